The summed E-state index contributed by atoms with van der Waals surface area (Å²) in [6, 6.07) is 11.8. The molecule has 3 rings (SSSR count). The molecule has 5 nitrogen and oxygen atoms in total. The minimum Gasteiger partial charge on any atom is -0.349 e. The Bertz CT molecular complexity index is 892. The highest BCUT2D eigenvalue weighted by Gasteiger charge is 2.26. The molecule has 1 aliphatic rings. The van der Waals surface area contributed by atoms with Gasteiger partial charge in [-0.25, -0.2) is 8.42 Å². The van der Waals surface area contributed by atoms with Crippen molar-refractivity contribution in [2.45, 2.75) is 30.7 Å². The van der Waals surface area contributed by atoms with Crippen molar-refractivity contribution in [2.24, 2.45) is 0 Å². The van der Waals surface area contributed by atoms with Gasteiger partial charge < -0.3 is 5.32 Å². The lowest BCUT2D eigenvalue weighted by atomic mass is 10.1. The van der Waals surface area contributed by atoms with Gasteiger partial charge in [-0.2, -0.15) is 0 Å². The van der Waals surface area contributed by atoms with Gasteiger partial charge in [-0.1, -0.05) is 18.2 Å². The van der Waals surface area contributed by atoms with Gasteiger partial charge in [-0.3, -0.25) is 9.52 Å². The zero-order chi connectivity index (χ0) is 17.3. The third-order valence-corrected chi connectivity index (χ3v) is 6.05. The zero-order valence-electron chi connectivity index (χ0n) is 13.0. The number of halogens is 1. The molecule has 2 aromatic carbocycles. The van der Waals surface area contributed by atoms with Crippen molar-refractivity contribution in [1.82, 2.24) is 5.32 Å². The smallest absolute Gasteiger partial charge is 0.263 e. The van der Waals surface area contributed by atoms with Crippen LogP contribution in [0.3, 0.4) is 0 Å². The highest BCUT2D eigenvalue weighted by Crippen LogP contribution is 2.27. The predicted molar refractivity (Wildman–Crippen MR) is 96.6 cm³/mol. The molecule has 0 unspecified atom stereocenters. The summed E-state index contributed by atoms with van der Waals surface area (Å²) in [5.74, 6) is -0.265. The predicted octanol–water partition coefficient (Wildman–Crippen LogP) is 3.45. The lowest BCUT2D eigenvalue weighted by Crippen LogP contribution is -2.27. The fourth-order valence-corrected chi connectivity index (χ4v) is 4.56. The van der Waals surface area contributed by atoms with Gasteiger partial charge in [-0.05, 0) is 65.5 Å². The number of nitrogens with one attached hydrogen (secondary N) is 2. The second kappa shape index (κ2) is 6.57. The minimum absolute atomic E-state index is 0.130. The van der Waals surface area contributed by atoms with Crippen LogP contribution < -0.4 is 10.0 Å². The normalized spacial score (nSPS) is 14.2. The fraction of sp³-hybridized carbons (Fsp3) is 0.235. The molecule has 1 fully saturated rings. The average Bonchev–Trinajstić information content (AvgIpc) is 3.30. The molecule has 0 bridgehead atoms. The number of hydrogen-bond acceptors (Lipinski definition) is 3. The Balaban J connectivity index is 1.91. The van der Waals surface area contributed by atoms with Crippen LogP contribution in [0.5, 0.6) is 0 Å². The maximum atomic E-state index is 12.7. The molecule has 1 amide bonds. The number of aryl methyl sites for hydroxylation is 1. The second-order valence-electron chi connectivity index (χ2n) is 5.83. The number of sulfonamides is 1. The third-order valence-electron chi connectivity index (χ3n) is 3.71. The summed E-state index contributed by atoms with van der Waals surface area (Å²) < 4.78 is 28.3. The van der Waals surface area contributed by atoms with E-state index < -0.39 is 10.0 Å². The summed E-state index contributed by atoms with van der Waals surface area (Å²) in [7, 11) is -3.81. The molecule has 0 aliphatic heterocycles. The summed E-state index contributed by atoms with van der Waals surface area (Å²) in [5, 5.41) is 2.87. The molecule has 1 aliphatic carbocycles. The van der Waals surface area contributed by atoms with Crippen LogP contribution in [-0.4, -0.2) is 20.4 Å². The summed E-state index contributed by atoms with van der Waals surface area (Å²) in [5.41, 5.74) is 1.53. The van der Waals surface area contributed by atoms with Crippen LogP contribution in [0.1, 0.15) is 28.8 Å². The summed E-state index contributed by atoms with van der Waals surface area (Å²) in [6.07, 6.45) is 1.94. The Morgan fingerprint density at radius 1 is 1.17 bits per heavy atom. The number of carbonyl (C=O) groups is 1. The summed E-state index contributed by atoms with van der Waals surface area (Å²) in [6.45, 7) is 1.88. The van der Waals surface area contributed by atoms with Crippen LogP contribution in [-0.2, 0) is 10.0 Å². The Labute approximate surface area is 149 Å². The van der Waals surface area contributed by atoms with Gasteiger partial charge >= 0.3 is 0 Å². The largest absolute Gasteiger partial charge is 0.349 e. The van der Waals surface area contributed by atoms with Crippen LogP contribution in [0.4, 0.5) is 5.69 Å². The van der Waals surface area contributed by atoms with Crippen molar-refractivity contribution in [3.05, 3.63) is 58.1 Å². The van der Waals surface area contributed by atoms with Crippen molar-refractivity contribution in [1.29, 1.82) is 0 Å². The van der Waals surface area contributed by atoms with Crippen LogP contribution in [0.15, 0.2) is 51.8 Å². The summed E-state index contributed by atoms with van der Waals surface area (Å²) >= 11 is 3.29. The Hall–Kier alpha value is -1.86. The van der Waals surface area contributed by atoms with Crippen LogP contribution in [0.2, 0.25) is 0 Å². The number of para-hydroxylation sites is 1. The van der Waals surface area contributed by atoms with E-state index in [1.165, 1.54) is 6.07 Å². The van der Waals surface area contributed by atoms with E-state index in [9.17, 15) is 13.2 Å². The number of carbonyl (C=O) groups excluding carboxylic acids is 1. The van der Waals surface area contributed by atoms with E-state index in [0.29, 0.717) is 10.0 Å². The minimum atomic E-state index is -3.81. The second-order valence-corrected chi connectivity index (χ2v) is 8.34. The van der Waals surface area contributed by atoms with Gasteiger partial charge in [0.25, 0.3) is 15.9 Å². The van der Waals surface area contributed by atoms with Gasteiger partial charge in [0.15, 0.2) is 0 Å². The van der Waals surface area contributed by atoms with Gasteiger partial charge in [-0.15, -0.1) is 0 Å². The van der Waals surface area contributed by atoms with Gasteiger partial charge in [0, 0.05) is 10.5 Å². The molecule has 0 spiro atoms. The molecule has 0 aromatic heterocycles. The molecular formula is C17H17BrN2O3S. The van der Waals surface area contributed by atoms with Crippen LogP contribution in [0.25, 0.3) is 0 Å². The van der Waals surface area contributed by atoms with Crippen LogP contribution in [0, 0.1) is 6.92 Å². The third kappa shape index (κ3) is 3.79. The Morgan fingerprint density at radius 2 is 1.88 bits per heavy atom. The SMILES string of the molecule is Cc1ccc(S(=O)(=O)Nc2ccccc2C(=O)NC2CC2)c(Br)c1. The molecular weight excluding hydrogens is 392 g/mol. The van der Waals surface area contributed by atoms with E-state index in [1.807, 2.05) is 6.92 Å². The number of amides is 1. The van der Waals surface area contributed by atoms with Gasteiger partial charge in [0.1, 0.15) is 4.90 Å². The van der Waals surface area contributed by atoms with E-state index in [2.05, 4.69) is 26.0 Å². The highest BCUT2D eigenvalue weighted by molar-refractivity contribution is 9.10. The van der Waals surface area contributed by atoms with Crippen LogP contribution >= 0.6 is 15.9 Å². The molecule has 1 saturated carbocycles. The van der Waals surface area contributed by atoms with Crippen molar-refractivity contribution in [3.63, 3.8) is 0 Å². The van der Waals surface area contributed by atoms with E-state index in [1.54, 1.807) is 36.4 Å². The first-order chi connectivity index (χ1) is 11.4. The quantitative estimate of drug-likeness (QED) is 0.795. The van der Waals surface area contributed by atoms with E-state index in [0.717, 1.165) is 18.4 Å². The number of benzene rings is 2. The summed E-state index contributed by atoms with van der Waals surface area (Å²) in [4.78, 5) is 12.4. The molecule has 2 N–H and O–H groups in total. The van der Waals surface area contributed by atoms with E-state index in [-0.39, 0.29) is 22.5 Å². The van der Waals surface area contributed by atoms with E-state index in [4.69, 9.17) is 0 Å². The number of rotatable bonds is 5. The molecule has 0 saturated heterocycles. The number of anilines is 1. The fourth-order valence-electron chi connectivity index (χ4n) is 2.28. The molecule has 0 heterocycles. The first kappa shape index (κ1) is 17.0. The van der Waals surface area contributed by atoms with Crippen molar-refractivity contribution in [2.75, 3.05) is 4.72 Å². The van der Waals surface area contributed by atoms with Crippen molar-refractivity contribution < 1.29 is 13.2 Å². The average molecular weight is 409 g/mol. The Morgan fingerprint density at radius 3 is 2.54 bits per heavy atom. The molecule has 2 aromatic rings. The molecule has 0 atom stereocenters. The Kier molecular flexibility index (Phi) is 4.64. The van der Waals surface area contributed by atoms with Gasteiger partial charge in [0.2, 0.25) is 0 Å². The lowest BCUT2D eigenvalue weighted by molar-refractivity contribution is 0.0952. The monoisotopic (exact) mass is 408 g/mol. The topological polar surface area (TPSA) is 75.3 Å². The maximum absolute atomic E-state index is 12.7. The van der Waals surface area contributed by atoms with Crippen molar-refractivity contribution >= 4 is 37.5 Å². The van der Waals surface area contributed by atoms with Gasteiger partial charge in [0.05, 0.1) is 11.3 Å². The standard InChI is InChI=1S/C17H17BrN2O3S/c1-11-6-9-16(14(18)10-11)24(22,23)20-15-5-3-2-4-13(15)17(21)19-12-7-8-12/h2-6,9-10,12,20H,7-8H2,1H3,(H,19,21). The van der Waals surface area contributed by atoms with E-state index >= 15 is 0 Å². The molecule has 0 radical (unpaired) electrons. The first-order valence-electron chi connectivity index (χ1n) is 7.56. The molecule has 7 heteroatoms. The zero-order valence-corrected chi connectivity index (χ0v) is 15.4. The number of hydrogen-bond donors (Lipinski definition) is 2. The highest BCUT2D eigenvalue weighted by atomic mass is 79.9. The lowest BCUT2D eigenvalue weighted by Gasteiger charge is -2.13. The van der Waals surface area contributed by atoms with Crippen molar-refractivity contribution in [3.8, 4) is 0 Å². The maximum Gasteiger partial charge on any atom is 0.263 e. The molecule has 24 heavy (non-hydrogen) atoms. The molecule has 126 valence electrons. The first-order valence-corrected chi connectivity index (χ1v) is 9.83.